The number of aryl methyl sites for hydroxylation is 1. The molecule has 0 aliphatic rings. The molecule has 0 radical (unpaired) electrons. The van der Waals surface area contributed by atoms with Crippen molar-refractivity contribution in [1.82, 2.24) is 9.88 Å². The highest BCUT2D eigenvalue weighted by Gasteiger charge is 2.08. The molecular weight excluding hydrogens is 236 g/mol. The summed E-state index contributed by atoms with van der Waals surface area (Å²) in [6, 6.07) is 4.21. The third-order valence-electron chi connectivity index (χ3n) is 3.65. The highest BCUT2D eigenvalue weighted by molar-refractivity contribution is 5.87. The van der Waals surface area contributed by atoms with E-state index < -0.39 is 0 Å². The molecule has 0 bridgehead atoms. The van der Waals surface area contributed by atoms with Crippen LogP contribution in [0, 0.1) is 6.92 Å². The topological polar surface area (TPSA) is 28.3 Å². The van der Waals surface area contributed by atoms with E-state index in [9.17, 15) is 0 Å². The van der Waals surface area contributed by atoms with Crippen LogP contribution < -0.4 is 4.74 Å². The Hall–Kier alpha value is -1.48. The van der Waals surface area contributed by atoms with Gasteiger partial charge in [-0.15, -0.1) is 0 Å². The van der Waals surface area contributed by atoms with E-state index in [-0.39, 0.29) is 0 Å². The molecule has 0 amide bonds. The Morgan fingerprint density at radius 2 is 2.05 bits per heavy atom. The number of nitrogens with one attached hydrogen (secondary N) is 1. The lowest BCUT2D eigenvalue weighted by Crippen LogP contribution is -2.21. The van der Waals surface area contributed by atoms with Crippen LogP contribution in [0.3, 0.4) is 0 Å². The zero-order chi connectivity index (χ0) is 13.8. The van der Waals surface area contributed by atoms with E-state index in [1.54, 1.807) is 7.11 Å². The van der Waals surface area contributed by atoms with Crippen LogP contribution in [0.2, 0.25) is 0 Å². The van der Waals surface area contributed by atoms with Crippen LogP contribution in [0.1, 0.15) is 24.5 Å². The Morgan fingerprint density at radius 3 is 2.74 bits per heavy atom. The quantitative estimate of drug-likeness (QED) is 0.862. The lowest BCUT2D eigenvalue weighted by molar-refractivity contribution is 0.339. The number of rotatable bonds is 6. The summed E-state index contributed by atoms with van der Waals surface area (Å²) in [7, 11) is 3.91. The van der Waals surface area contributed by atoms with Gasteiger partial charge < -0.3 is 14.6 Å². The zero-order valence-electron chi connectivity index (χ0n) is 12.4. The predicted octanol–water partition coefficient (Wildman–Crippen LogP) is 3.37. The average Bonchev–Trinajstić information content (AvgIpc) is 2.80. The van der Waals surface area contributed by atoms with Crippen molar-refractivity contribution in [2.24, 2.45) is 0 Å². The van der Waals surface area contributed by atoms with Crippen LogP contribution in [-0.2, 0) is 6.42 Å². The number of aromatic nitrogens is 1. The van der Waals surface area contributed by atoms with Crippen LogP contribution in [0.4, 0.5) is 0 Å². The molecule has 0 aliphatic heterocycles. The highest BCUT2D eigenvalue weighted by Crippen LogP contribution is 2.27. The van der Waals surface area contributed by atoms with Crippen molar-refractivity contribution >= 4 is 10.9 Å². The molecule has 0 aliphatic carbocycles. The zero-order valence-corrected chi connectivity index (χ0v) is 12.4. The van der Waals surface area contributed by atoms with Crippen molar-refractivity contribution < 1.29 is 4.74 Å². The molecule has 0 spiro atoms. The summed E-state index contributed by atoms with van der Waals surface area (Å²) in [6.07, 6.45) is 4.41. The third-order valence-corrected chi connectivity index (χ3v) is 3.65. The van der Waals surface area contributed by atoms with Crippen molar-refractivity contribution in [1.29, 1.82) is 0 Å². The fourth-order valence-corrected chi connectivity index (χ4v) is 2.57. The molecule has 0 unspecified atom stereocenters. The van der Waals surface area contributed by atoms with Gasteiger partial charge in [0.05, 0.1) is 7.11 Å². The van der Waals surface area contributed by atoms with Gasteiger partial charge in [-0.05, 0) is 56.6 Å². The Balaban J connectivity index is 2.21. The van der Waals surface area contributed by atoms with E-state index >= 15 is 0 Å². The number of H-pyrrole nitrogens is 1. The van der Waals surface area contributed by atoms with E-state index in [0.29, 0.717) is 0 Å². The van der Waals surface area contributed by atoms with Crippen molar-refractivity contribution in [3.63, 3.8) is 0 Å². The maximum absolute atomic E-state index is 5.37. The number of benzene rings is 1. The first-order chi connectivity index (χ1) is 9.15. The highest BCUT2D eigenvalue weighted by atomic mass is 16.5. The number of ether oxygens (including phenoxy) is 1. The molecule has 104 valence electrons. The fraction of sp³-hybridized carbons (Fsp3) is 0.500. The summed E-state index contributed by atoms with van der Waals surface area (Å²) in [4.78, 5) is 5.77. The van der Waals surface area contributed by atoms with Gasteiger partial charge in [0.25, 0.3) is 0 Å². The molecule has 1 N–H and O–H groups in total. The largest absolute Gasteiger partial charge is 0.497 e. The summed E-state index contributed by atoms with van der Waals surface area (Å²) in [5.74, 6) is 0.938. The van der Waals surface area contributed by atoms with Crippen molar-refractivity contribution in [2.75, 3.05) is 27.2 Å². The maximum atomic E-state index is 5.37. The number of hydrogen-bond acceptors (Lipinski definition) is 2. The molecule has 19 heavy (non-hydrogen) atoms. The Morgan fingerprint density at radius 1 is 1.26 bits per heavy atom. The van der Waals surface area contributed by atoms with Crippen LogP contribution in [0.5, 0.6) is 5.75 Å². The predicted molar refractivity (Wildman–Crippen MR) is 81.1 cm³/mol. The van der Waals surface area contributed by atoms with Crippen molar-refractivity contribution in [2.45, 2.75) is 26.7 Å². The first-order valence-electron chi connectivity index (χ1n) is 6.98. The molecular formula is C16H24N2O. The van der Waals surface area contributed by atoms with E-state index in [4.69, 9.17) is 4.74 Å². The van der Waals surface area contributed by atoms with E-state index in [1.165, 1.54) is 28.5 Å². The minimum absolute atomic E-state index is 0.938. The van der Waals surface area contributed by atoms with Gasteiger partial charge in [0.2, 0.25) is 0 Å². The fourth-order valence-electron chi connectivity index (χ4n) is 2.57. The summed E-state index contributed by atoms with van der Waals surface area (Å²) in [5.41, 5.74) is 3.84. The second-order valence-electron chi connectivity index (χ2n) is 5.23. The van der Waals surface area contributed by atoms with Gasteiger partial charge in [0, 0.05) is 23.6 Å². The van der Waals surface area contributed by atoms with Crippen LogP contribution >= 0.6 is 0 Å². The van der Waals surface area contributed by atoms with Gasteiger partial charge in [-0.3, -0.25) is 0 Å². The van der Waals surface area contributed by atoms with Crippen LogP contribution in [0.15, 0.2) is 18.3 Å². The second kappa shape index (κ2) is 6.11. The molecule has 0 fully saturated rings. The Bertz CT molecular complexity index is 545. The molecule has 2 rings (SSSR count). The van der Waals surface area contributed by atoms with Crippen LogP contribution in [-0.4, -0.2) is 37.1 Å². The number of likely N-dealkylation sites (N-methyl/N-ethyl adjacent to an activating group) is 1. The van der Waals surface area contributed by atoms with E-state index in [1.807, 2.05) is 0 Å². The molecule has 3 heteroatoms. The lowest BCUT2D eigenvalue weighted by Gasteiger charge is -2.14. The monoisotopic (exact) mass is 260 g/mol. The van der Waals surface area contributed by atoms with Crippen molar-refractivity contribution in [3.8, 4) is 5.75 Å². The van der Waals surface area contributed by atoms with E-state index in [2.05, 4.69) is 49.1 Å². The number of aromatic amines is 1. The number of fused-ring (bicyclic) bond motifs is 1. The molecule has 0 atom stereocenters. The van der Waals surface area contributed by atoms with Gasteiger partial charge in [-0.25, -0.2) is 0 Å². The van der Waals surface area contributed by atoms with Gasteiger partial charge >= 0.3 is 0 Å². The van der Waals surface area contributed by atoms with E-state index in [0.717, 1.165) is 25.3 Å². The van der Waals surface area contributed by atoms with Gasteiger partial charge in [0.1, 0.15) is 5.75 Å². The normalized spacial score (nSPS) is 11.4. The number of nitrogens with zero attached hydrogens (tertiary/aromatic N) is 1. The Labute approximate surface area is 115 Å². The minimum Gasteiger partial charge on any atom is -0.497 e. The smallest absolute Gasteiger partial charge is 0.119 e. The summed E-state index contributed by atoms with van der Waals surface area (Å²) >= 11 is 0. The molecule has 3 nitrogen and oxygen atoms in total. The van der Waals surface area contributed by atoms with Gasteiger partial charge in [-0.2, -0.15) is 0 Å². The molecule has 1 heterocycles. The lowest BCUT2D eigenvalue weighted by atomic mass is 10.1. The third kappa shape index (κ3) is 3.10. The Kier molecular flexibility index (Phi) is 4.48. The molecule has 2 aromatic rings. The van der Waals surface area contributed by atoms with Crippen LogP contribution in [0.25, 0.3) is 10.9 Å². The molecule has 0 saturated carbocycles. The number of methoxy groups -OCH3 is 1. The van der Waals surface area contributed by atoms with Crippen molar-refractivity contribution in [3.05, 3.63) is 29.5 Å². The summed E-state index contributed by atoms with van der Waals surface area (Å²) < 4.78 is 5.37. The summed E-state index contributed by atoms with van der Waals surface area (Å²) in [5, 5.41) is 1.29. The molecule has 0 saturated heterocycles. The second-order valence-corrected chi connectivity index (χ2v) is 5.23. The van der Waals surface area contributed by atoms with Gasteiger partial charge in [-0.1, -0.05) is 6.92 Å². The van der Waals surface area contributed by atoms with Gasteiger partial charge in [0.15, 0.2) is 0 Å². The molecule has 1 aromatic heterocycles. The standard InChI is InChI=1S/C16H24N2O/c1-5-7-18(3)8-6-13-11-17-16-12(2)9-14(19-4)10-15(13)16/h9-11,17H,5-8H2,1-4H3. The SMILES string of the molecule is CCCN(C)CCc1c[nH]c2c(C)cc(OC)cc12. The minimum atomic E-state index is 0.938. The summed E-state index contributed by atoms with van der Waals surface area (Å²) in [6.45, 7) is 6.59. The maximum Gasteiger partial charge on any atom is 0.119 e. The molecule has 1 aromatic carbocycles. The average molecular weight is 260 g/mol. The first-order valence-corrected chi connectivity index (χ1v) is 6.98. The number of hydrogen-bond donors (Lipinski definition) is 1. The first kappa shape index (κ1) is 13.9.